The predicted octanol–water partition coefficient (Wildman–Crippen LogP) is 4.15. The van der Waals surface area contributed by atoms with E-state index in [0.717, 1.165) is 18.7 Å². The summed E-state index contributed by atoms with van der Waals surface area (Å²) in [6, 6.07) is 14.0. The van der Waals surface area contributed by atoms with Gasteiger partial charge < -0.3 is 14.8 Å². The van der Waals surface area contributed by atoms with Crippen molar-refractivity contribution < 1.29 is 14.3 Å². The zero-order chi connectivity index (χ0) is 19.8. The van der Waals surface area contributed by atoms with Crippen LogP contribution < -0.4 is 14.8 Å². The van der Waals surface area contributed by atoms with E-state index in [0.29, 0.717) is 24.6 Å². The first-order valence-corrected chi connectivity index (χ1v) is 10.7. The fourth-order valence-electron chi connectivity index (χ4n) is 2.86. The van der Waals surface area contributed by atoms with Crippen LogP contribution in [0.4, 0.5) is 0 Å². The smallest absolute Gasteiger partial charge is 0.234 e. The van der Waals surface area contributed by atoms with Crippen molar-refractivity contribution in [1.29, 1.82) is 0 Å². The summed E-state index contributed by atoms with van der Waals surface area (Å²) in [7, 11) is 3.21. The first kappa shape index (κ1) is 20.4. The van der Waals surface area contributed by atoms with Crippen molar-refractivity contribution in [3.05, 3.63) is 68.5 Å². The molecule has 3 rings (SSSR count). The molecule has 0 aliphatic carbocycles. The van der Waals surface area contributed by atoms with Gasteiger partial charge in [-0.2, -0.15) is 0 Å². The molecule has 1 aromatic carbocycles. The Labute approximate surface area is 173 Å². The number of benzene rings is 1. The molecule has 5 nitrogen and oxygen atoms in total. The van der Waals surface area contributed by atoms with Gasteiger partial charge in [-0.25, -0.2) is 0 Å². The second kappa shape index (κ2) is 10.3. The molecule has 28 heavy (non-hydrogen) atoms. The normalized spacial score (nSPS) is 10.8. The van der Waals surface area contributed by atoms with Crippen LogP contribution in [-0.2, 0) is 24.4 Å². The lowest BCUT2D eigenvalue weighted by Crippen LogP contribution is -2.36. The predicted molar refractivity (Wildman–Crippen MR) is 114 cm³/mol. The lowest BCUT2D eigenvalue weighted by molar-refractivity contribution is -0.122. The number of amides is 1. The molecule has 0 saturated carbocycles. The van der Waals surface area contributed by atoms with Crippen LogP contribution in [0.1, 0.15) is 15.3 Å². The Morgan fingerprint density at radius 1 is 0.964 bits per heavy atom. The standard InChI is InChI=1S/C21H24N2O3S2/c1-25-19-8-7-16(11-20(19)26-2)12-22-21(24)15-23(13-17-5-3-9-27-17)14-18-6-4-10-28-18/h3-11H,12-15H2,1-2H3,(H,22,24). The van der Waals surface area contributed by atoms with Crippen LogP contribution >= 0.6 is 22.7 Å². The number of ether oxygens (including phenoxy) is 2. The summed E-state index contributed by atoms with van der Waals surface area (Å²) in [4.78, 5) is 17.2. The van der Waals surface area contributed by atoms with Crippen molar-refractivity contribution >= 4 is 28.6 Å². The molecule has 0 aliphatic rings. The topological polar surface area (TPSA) is 50.8 Å². The quantitative estimate of drug-likeness (QED) is 0.540. The summed E-state index contributed by atoms with van der Waals surface area (Å²) in [6.07, 6.45) is 0. The summed E-state index contributed by atoms with van der Waals surface area (Å²) in [5.74, 6) is 1.34. The van der Waals surface area contributed by atoms with Crippen LogP contribution in [-0.4, -0.2) is 31.6 Å². The second-order valence-electron chi connectivity index (χ2n) is 6.27. The molecule has 0 unspecified atom stereocenters. The van der Waals surface area contributed by atoms with Crippen LogP contribution in [0.2, 0.25) is 0 Å². The van der Waals surface area contributed by atoms with Crippen LogP contribution in [0.5, 0.6) is 11.5 Å². The number of thiophene rings is 2. The first-order valence-electron chi connectivity index (χ1n) is 8.92. The number of carbonyl (C=O) groups is 1. The maximum atomic E-state index is 12.6. The van der Waals surface area contributed by atoms with Gasteiger partial charge in [-0.3, -0.25) is 9.69 Å². The molecule has 0 spiro atoms. The van der Waals surface area contributed by atoms with Gasteiger partial charge in [0.25, 0.3) is 0 Å². The molecule has 0 radical (unpaired) electrons. The number of hydrogen-bond donors (Lipinski definition) is 1. The Kier molecular flexibility index (Phi) is 7.47. The third-order valence-corrected chi connectivity index (χ3v) is 5.95. The number of hydrogen-bond acceptors (Lipinski definition) is 6. The van der Waals surface area contributed by atoms with E-state index in [1.54, 1.807) is 36.9 Å². The van der Waals surface area contributed by atoms with Crippen molar-refractivity contribution in [2.24, 2.45) is 0 Å². The van der Waals surface area contributed by atoms with Gasteiger partial charge in [-0.1, -0.05) is 18.2 Å². The Bertz CT molecular complexity index is 828. The maximum absolute atomic E-state index is 12.6. The Hall–Kier alpha value is -2.35. The molecule has 2 heterocycles. The molecule has 2 aromatic heterocycles. The van der Waals surface area contributed by atoms with Gasteiger partial charge in [0.2, 0.25) is 5.91 Å². The van der Waals surface area contributed by atoms with Crippen LogP contribution in [0.15, 0.2) is 53.2 Å². The summed E-state index contributed by atoms with van der Waals surface area (Å²) in [5, 5.41) is 7.14. The molecule has 0 bridgehead atoms. The van der Waals surface area contributed by atoms with Crippen LogP contribution in [0.25, 0.3) is 0 Å². The molecule has 0 atom stereocenters. The summed E-state index contributed by atoms with van der Waals surface area (Å²) in [5.41, 5.74) is 0.967. The zero-order valence-corrected chi connectivity index (χ0v) is 17.6. The Balaban J connectivity index is 1.58. The van der Waals surface area contributed by atoms with Gasteiger partial charge in [0.05, 0.1) is 20.8 Å². The number of rotatable bonds is 10. The number of carbonyl (C=O) groups excluding carboxylic acids is 1. The average Bonchev–Trinajstić information content (AvgIpc) is 3.40. The monoisotopic (exact) mass is 416 g/mol. The largest absolute Gasteiger partial charge is 0.493 e. The highest BCUT2D eigenvalue weighted by Gasteiger charge is 2.14. The van der Waals surface area contributed by atoms with Crippen molar-refractivity contribution in [2.75, 3.05) is 20.8 Å². The zero-order valence-electron chi connectivity index (χ0n) is 16.0. The highest BCUT2D eigenvalue weighted by molar-refractivity contribution is 7.10. The van der Waals surface area contributed by atoms with E-state index in [1.807, 2.05) is 30.3 Å². The second-order valence-corrected chi connectivity index (χ2v) is 8.33. The van der Waals surface area contributed by atoms with E-state index >= 15 is 0 Å². The SMILES string of the molecule is COc1ccc(CNC(=O)CN(Cc2cccs2)Cc2cccs2)cc1OC. The van der Waals surface area contributed by atoms with E-state index in [-0.39, 0.29) is 5.91 Å². The molecule has 0 aliphatic heterocycles. The van der Waals surface area contributed by atoms with Gasteiger partial charge in [-0.15, -0.1) is 22.7 Å². The molecular formula is C21H24N2O3S2. The summed E-state index contributed by atoms with van der Waals surface area (Å²) in [6.45, 7) is 2.33. The highest BCUT2D eigenvalue weighted by atomic mass is 32.1. The molecule has 0 saturated heterocycles. The van der Waals surface area contributed by atoms with Crippen molar-refractivity contribution in [3.8, 4) is 11.5 Å². The fraction of sp³-hybridized carbons (Fsp3) is 0.286. The third-order valence-electron chi connectivity index (χ3n) is 4.22. The van der Waals surface area contributed by atoms with Crippen LogP contribution in [0.3, 0.4) is 0 Å². The van der Waals surface area contributed by atoms with Gasteiger partial charge in [0.15, 0.2) is 11.5 Å². The van der Waals surface area contributed by atoms with E-state index in [4.69, 9.17) is 9.47 Å². The lowest BCUT2D eigenvalue weighted by atomic mass is 10.2. The molecular weight excluding hydrogens is 392 g/mol. The minimum atomic E-state index is 0.00268. The van der Waals surface area contributed by atoms with Gasteiger partial charge in [0, 0.05) is 29.4 Å². The molecule has 7 heteroatoms. The van der Waals surface area contributed by atoms with E-state index in [1.165, 1.54) is 9.75 Å². The van der Waals surface area contributed by atoms with Gasteiger partial charge in [0.1, 0.15) is 0 Å². The molecule has 1 N–H and O–H groups in total. The van der Waals surface area contributed by atoms with E-state index in [2.05, 4.69) is 33.1 Å². The molecule has 1 amide bonds. The minimum Gasteiger partial charge on any atom is -0.493 e. The van der Waals surface area contributed by atoms with E-state index in [9.17, 15) is 4.79 Å². The van der Waals surface area contributed by atoms with Crippen LogP contribution in [0, 0.1) is 0 Å². The van der Waals surface area contributed by atoms with Gasteiger partial charge >= 0.3 is 0 Å². The summed E-state index contributed by atoms with van der Waals surface area (Å²) < 4.78 is 10.6. The fourth-order valence-corrected chi connectivity index (χ4v) is 4.36. The average molecular weight is 417 g/mol. The number of methoxy groups -OCH3 is 2. The van der Waals surface area contributed by atoms with Crippen molar-refractivity contribution in [1.82, 2.24) is 10.2 Å². The first-order chi connectivity index (χ1) is 13.7. The molecule has 3 aromatic rings. The summed E-state index contributed by atoms with van der Waals surface area (Å²) >= 11 is 3.43. The Morgan fingerprint density at radius 3 is 2.14 bits per heavy atom. The Morgan fingerprint density at radius 2 is 1.61 bits per heavy atom. The number of nitrogens with zero attached hydrogens (tertiary/aromatic N) is 1. The minimum absolute atomic E-state index is 0.00268. The van der Waals surface area contributed by atoms with Gasteiger partial charge in [-0.05, 0) is 40.6 Å². The molecule has 0 fully saturated rings. The lowest BCUT2D eigenvalue weighted by Gasteiger charge is -2.20. The molecule has 148 valence electrons. The van der Waals surface area contributed by atoms with Crippen molar-refractivity contribution in [2.45, 2.75) is 19.6 Å². The van der Waals surface area contributed by atoms with Crippen molar-refractivity contribution in [3.63, 3.8) is 0 Å². The number of nitrogens with one attached hydrogen (secondary N) is 1. The highest BCUT2D eigenvalue weighted by Crippen LogP contribution is 2.27. The third kappa shape index (κ3) is 5.82. The maximum Gasteiger partial charge on any atom is 0.234 e. The van der Waals surface area contributed by atoms with E-state index < -0.39 is 0 Å².